The molecule has 1 rings (SSSR count). The van der Waals surface area contributed by atoms with Gasteiger partial charge in [0.25, 0.3) is 0 Å². The van der Waals surface area contributed by atoms with E-state index in [-0.39, 0.29) is 30.0 Å². The molecule has 0 aliphatic rings. The summed E-state index contributed by atoms with van der Waals surface area (Å²) in [5, 5.41) is 13.9. The number of ether oxygens (including phenoxy) is 1. The number of carbonyl (C=O) groups excluding carboxylic acids is 1. The number of nitrogens with zero attached hydrogens (tertiary/aromatic N) is 2. The van der Waals surface area contributed by atoms with Gasteiger partial charge in [-0.15, -0.1) is 0 Å². The second kappa shape index (κ2) is 7.47. The van der Waals surface area contributed by atoms with Crippen LogP contribution in [-0.2, 0) is 4.79 Å². The Bertz CT molecular complexity index is 517. The number of hydrogen-bond donors (Lipinski definition) is 1. The van der Waals surface area contributed by atoms with Crippen molar-refractivity contribution in [1.29, 1.82) is 0 Å². The molecule has 0 saturated carbocycles. The number of nitro benzene ring substituents is 1. The summed E-state index contributed by atoms with van der Waals surface area (Å²) in [7, 11) is 1.72. The minimum Gasteiger partial charge on any atom is -0.484 e. The van der Waals surface area contributed by atoms with Gasteiger partial charge in [0.2, 0.25) is 5.91 Å². The summed E-state index contributed by atoms with van der Waals surface area (Å²) in [4.78, 5) is 23.8. The summed E-state index contributed by atoms with van der Waals surface area (Å²) in [6, 6.07) is 4.47. The first-order valence-corrected chi connectivity index (χ1v) is 6.78. The second-order valence-electron chi connectivity index (χ2n) is 4.87. The number of benzene rings is 1. The molecule has 0 aliphatic heterocycles. The van der Waals surface area contributed by atoms with Gasteiger partial charge in [0.1, 0.15) is 0 Å². The molecule has 0 heterocycles. The van der Waals surface area contributed by atoms with Crippen molar-refractivity contribution >= 4 is 17.3 Å². The first kappa shape index (κ1) is 16.7. The van der Waals surface area contributed by atoms with Gasteiger partial charge >= 0.3 is 5.69 Å². The molecule has 1 aromatic carbocycles. The van der Waals surface area contributed by atoms with Gasteiger partial charge in [-0.05, 0) is 26.8 Å². The Kier molecular flexibility index (Phi) is 5.95. The van der Waals surface area contributed by atoms with Crippen LogP contribution in [0.4, 0.5) is 11.4 Å². The number of likely N-dealkylation sites (N-methyl/N-ethyl adjacent to an activating group) is 1. The van der Waals surface area contributed by atoms with Gasteiger partial charge in [0.15, 0.2) is 5.75 Å². The molecule has 0 unspecified atom stereocenters. The van der Waals surface area contributed by atoms with Crippen LogP contribution in [0.1, 0.15) is 20.8 Å². The van der Waals surface area contributed by atoms with Crippen molar-refractivity contribution in [3.63, 3.8) is 0 Å². The molecule has 0 radical (unpaired) electrons. The molecule has 0 bridgehead atoms. The fourth-order valence-electron chi connectivity index (χ4n) is 1.61. The summed E-state index contributed by atoms with van der Waals surface area (Å²) in [5.74, 6) is 0.137. The van der Waals surface area contributed by atoms with Crippen molar-refractivity contribution in [3.05, 3.63) is 28.3 Å². The van der Waals surface area contributed by atoms with Crippen molar-refractivity contribution in [2.24, 2.45) is 0 Å². The Balaban J connectivity index is 2.85. The largest absolute Gasteiger partial charge is 0.484 e. The lowest BCUT2D eigenvalue weighted by Crippen LogP contribution is -2.31. The first-order chi connectivity index (χ1) is 9.85. The molecule has 0 spiro atoms. The molecule has 7 heteroatoms. The Morgan fingerprint density at radius 1 is 1.48 bits per heavy atom. The van der Waals surface area contributed by atoms with E-state index in [2.05, 4.69) is 5.32 Å². The third-order valence-corrected chi connectivity index (χ3v) is 2.86. The van der Waals surface area contributed by atoms with E-state index in [1.807, 2.05) is 6.92 Å². The van der Waals surface area contributed by atoms with E-state index in [0.717, 1.165) is 0 Å². The Labute approximate surface area is 124 Å². The predicted molar refractivity (Wildman–Crippen MR) is 80.7 cm³/mol. The van der Waals surface area contributed by atoms with E-state index >= 15 is 0 Å². The van der Waals surface area contributed by atoms with Crippen LogP contribution in [-0.4, -0.2) is 42.0 Å². The highest BCUT2D eigenvalue weighted by molar-refractivity contribution is 5.80. The lowest BCUT2D eigenvalue weighted by molar-refractivity contribution is -0.386. The van der Waals surface area contributed by atoms with Crippen molar-refractivity contribution in [3.8, 4) is 5.75 Å². The highest BCUT2D eigenvalue weighted by atomic mass is 16.6. The summed E-state index contributed by atoms with van der Waals surface area (Å²) >= 11 is 0. The van der Waals surface area contributed by atoms with E-state index in [9.17, 15) is 14.9 Å². The van der Waals surface area contributed by atoms with Crippen molar-refractivity contribution in [2.45, 2.75) is 26.9 Å². The van der Waals surface area contributed by atoms with E-state index < -0.39 is 4.92 Å². The smallest absolute Gasteiger partial charge is 0.311 e. The molecular weight excluding hydrogens is 274 g/mol. The maximum Gasteiger partial charge on any atom is 0.311 e. The van der Waals surface area contributed by atoms with Crippen LogP contribution < -0.4 is 10.1 Å². The lowest BCUT2D eigenvalue weighted by atomic mass is 10.2. The average Bonchev–Trinajstić information content (AvgIpc) is 2.42. The van der Waals surface area contributed by atoms with E-state index in [1.54, 1.807) is 31.9 Å². The normalized spacial score (nSPS) is 10.3. The van der Waals surface area contributed by atoms with Crippen LogP contribution in [0.3, 0.4) is 0 Å². The molecule has 116 valence electrons. The maximum atomic E-state index is 11.7. The highest BCUT2D eigenvalue weighted by Gasteiger charge is 2.17. The van der Waals surface area contributed by atoms with Gasteiger partial charge in [-0.2, -0.15) is 0 Å². The third-order valence-electron chi connectivity index (χ3n) is 2.86. The SMILES string of the molecule is CCN(C)C(=O)CNc1ccc([N+](=O)[O-])c(OC(C)C)c1. The molecule has 1 amide bonds. The summed E-state index contributed by atoms with van der Waals surface area (Å²) in [5.41, 5.74) is 0.514. The van der Waals surface area contributed by atoms with Crippen LogP contribution in [0, 0.1) is 10.1 Å². The molecule has 0 aromatic heterocycles. The van der Waals surface area contributed by atoms with Crippen LogP contribution in [0.15, 0.2) is 18.2 Å². The van der Waals surface area contributed by atoms with Crippen molar-refractivity contribution in [2.75, 3.05) is 25.5 Å². The third kappa shape index (κ3) is 4.94. The number of anilines is 1. The first-order valence-electron chi connectivity index (χ1n) is 6.78. The molecule has 0 saturated heterocycles. The van der Waals surface area contributed by atoms with Crippen LogP contribution in [0.25, 0.3) is 0 Å². The quantitative estimate of drug-likeness (QED) is 0.616. The summed E-state index contributed by atoms with van der Waals surface area (Å²) in [6.45, 7) is 6.23. The molecule has 21 heavy (non-hydrogen) atoms. The van der Waals surface area contributed by atoms with Gasteiger partial charge in [-0.1, -0.05) is 0 Å². The van der Waals surface area contributed by atoms with Crippen molar-refractivity contribution < 1.29 is 14.5 Å². The molecule has 7 nitrogen and oxygen atoms in total. The zero-order valence-electron chi connectivity index (χ0n) is 12.8. The fourth-order valence-corrected chi connectivity index (χ4v) is 1.61. The van der Waals surface area contributed by atoms with Crippen LogP contribution in [0.2, 0.25) is 0 Å². The molecular formula is C14H21N3O4. The number of amides is 1. The van der Waals surface area contributed by atoms with Crippen LogP contribution >= 0.6 is 0 Å². The fraction of sp³-hybridized carbons (Fsp3) is 0.500. The zero-order valence-corrected chi connectivity index (χ0v) is 12.8. The van der Waals surface area contributed by atoms with E-state index in [1.165, 1.54) is 12.1 Å². The van der Waals surface area contributed by atoms with Crippen LogP contribution in [0.5, 0.6) is 5.75 Å². The number of hydrogen-bond acceptors (Lipinski definition) is 5. The molecule has 0 fully saturated rings. The molecule has 0 aliphatic carbocycles. The Morgan fingerprint density at radius 3 is 2.67 bits per heavy atom. The lowest BCUT2D eigenvalue weighted by Gasteiger charge is -2.16. The van der Waals surface area contributed by atoms with Gasteiger partial charge in [-0.25, -0.2) is 0 Å². The monoisotopic (exact) mass is 295 g/mol. The number of carbonyl (C=O) groups is 1. The zero-order chi connectivity index (χ0) is 16.0. The predicted octanol–water partition coefficient (Wildman–Crippen LogP) is 2.27. The molecule has 1 N–H and O–H groups in total. The second-order valence-corrected chi connectivity index (χ2v) is 4.87. The topological polar surface area (TPSA) is 84.7 Å². The molecule has 0 atom stereocenters. The number of nitro groups is 1. The standard InChI is InChI=1S/C14H21N3O4/c1-5-16(4)14(18)9-15-11-6-7-12(17(19)20)13(8-11)21-10(2)3/h6-8,10,15H,5,9H2,1-4H3. The minimum atomic E-state index is -0.489. The Hall–Kier alpha value is -2.31. The van der Waals surface area contributed by atoms with Gasteiger partial charge in [0.05, 0.1) is 17.6 Å². The number of nitrogens with one attached hydrogen (secondary N) is 1. The number of rotatable bonds is 7. The van der Waals surface area contributed by atoms with E-state index in [4.69, 9.17) is 4.74 Å². The Morgan fingerprint density at radius 2 is 2.14 bits per heavy atom. The maximum absolute atomic E-state index is 11.7. The summed E-state index contributed by atoms with van der Waals surface area (Å²) < 4.78 is 5.45. The minimum absolute atomic E-state index is 0.0535. The highest BCUT2D eigenvalue weighted by Crippen LogP contribution is 2.30. The van der Waals surface area contributed by atoms with E-state index in [0.29, 0.717) is 12.2 Å². The van der Waals surface area contributed by atoms with Crippen molar-refractivity contribution in [1.82, 2.24) is 4.90 Å². The molecule has 1 aromatic rings. The summed E-state index contributed by atoms with van der Waals surface area (Å²) in [6.07, 6.45) is -0.174. The van der Waals surface area contributed by atoms with Gasteiger partial charge in [-0.3, -0.25) is 14.9 Å². The average molecular weight is 295 g/mol. The van der Waals surface area contributed by atoms with Gasteiger partial charge < -0.3 is 15.0 Å². The van der Waals surface area contributed by atoms with Gasteiger partial charge in [0, 0.05) is 31.4 Å².